The van der Waals surface area contributed by atoms with Crippen LogP contribution in [0.25, 0.3) is 0 Å². The molecular formula is C34H38N3O3+. The summed E-state index contributed by atoms with van der Waals surface area (Å²) in [5.41, 5.74) is 15.5. The number of hydrogen-bond donors (Lipinski definition) is 2. The van der Waals surface area contributed by atoms with E-state index in [4.69, 9.17) is 16.2 Å². The first kappa shape index (κ1) is 28.7. The molecule has 4 aromatic carbocycles. The largest absolute Gasteiger partial charge is 0.489 e. The molecule has 0 aliphatic rings. The Kier molecular flexibility index (Phi) is 9.84. The molecule has 0 spiro atoms. The molecule has 4 aromatic rings. The second-order valence-electron chi connectivity index (χ2n) is 10.3. The van der Waals surface area contributed by atoms with E-state index < -0.39 is 17.9 Å². The Morgan fingerprint density at radius 3 is 1.77 bits per heavy atom. The molecule has 0 fully saturated rings. The standard InChI is InChI=1S/C34H37N3O3/c1-37(31(33(36)38)18-11-23-35,24-26-19-21-30(22-20-26)40-25-27-12-5-2-6-13-27)34(39)32(28-14-7-3-8-15-28)29-16-9-4-10-17-29/h2-10,12-17,19-22,31-32H,11,18,23-25,35H2,1H3,(H-,36,38)/p+1/t31?,37-/m1/s1. The highest BCUT2D eigenvalue weighted by Crippen LogP contribution is 2.33. The lowest BCUT2D eigenvalue weighted by Gasteiger charge is -2.40. The summed E-state index contributed by atoms with van der Waals surface area (Å²) >= 11 is 0. The van der Waals surface area contributed by atoms with Gasteiger partial charge in [0.05, 0.1) is 7.05 Å². The van der Waals surface area contributed by atoms with Crippen LogP contribution in [0.5, 0.6) is 5.75 Å². The summed E-state index contributed by atoms with van der Waals surface area (Å²) in [5, 5.41) is 0. The van der Waals surface area contributed by atoms with Crippen LogP contribution >= 0.6 is 0 Å². The van der Waals surface area contributed by atoms with Crippen molar-refractivity contribution in [3.05, 3.63) is 138 Å². The van der Waals surface area contributed by atoms with E-state index in [-0.39, 0.29) is 10.4 Å². The van der Waals surface area contributed by atoms with E-state index >= 15 is 0 Å². The molecule has 2 amide bonds. The Hall–Kier alpha value is -4.26. The summed E-state index contributed by atoms with van der Waals surface area (Å²) < 4.78 is 5.78. The highest BCUT2D eigenvalue weighted by molar-refractivity contribution is 5.86. The smallest absolute Gasteiger partial charge is 0.326 e. The first-order chi connectivity index (χ1) is 19.4. The highest BCUT2D eigenvalue weighted by atomic mass is 16.5. The molecule has 4 N–H and O–H groups in total. The van der Waals surface area contributed by atoms with Crippen molar-refractivity contribution in [2.75, 3.05) is 13.6 Å². The van der Waals surface area contributed by atoms with Crippen LogP contribution in [-0.4, -0.2) is 35.9 Å². The molecule has 0 saturated carbocycles. The van der Waals surface area contributed by atoms with Crippen LogP contribution in [-0.2, 0) is 22.7 Å². The van der Waals surface area contributed by atoms with E-state index in [1.54, 1.807) is 0 Å². The zero-order valence-corrected chi connectivity index (χ0v) is 23.0. The van der Waals surface area contributed by atoms with Crippen LogP contribution in [0.1, 0.15) is 41.0 Å². The van der Waals surface area contributed by atoms with Crippen molar-refractivity contribution in [2.24, 2.45) is 11.5 Å². The molecule has 0 bridgehead atoms. The van der Waals surface area contributed by atoms with Gasteiger partial charge in [-0.3, -0.25) is 4.79 Å². The lowest BCUT2D eigenvalue weighted by Crippen LogP contribution is -2.61. The number of amides is 2. The number of carbonyl (C=O) groups excluding carboxylic acids is 2. The van der Waals surface area contributed by atoms with Gasteiger partial charge in [0, 0.05) is 12.0 Å². The summed E-state index contributed by atoms with van der Waals surface area (Å²) in [7, 11) is 1.83. The molecule has 40 heavy (non-hydrogen) atoms. The normalized spacial score (nSPS) is 13.4. The number of hydrogen-bond acceptors (Lipinski definition) is 4. The van der Waals surface area contributed by atoms with Crippen LogP contribution in [0.15, 0.2) is 115 Å². The molecule has 0 saturated heterocycles. The zero-order chi connectivity index (χ0) is 28.4. The number of benzene rings is 4. The van der Waals surface area contributed by atoms with E-state index in [2.05, 4.69) is 0 Å². The maximum absolute atomic E-state index is 14.7. The fraction of sp³-hybridized carbons (Fsp3) is 0.235. The first-order valence-corrected chi connectivity index (χ1v) is 13.7. The molecule has 2 atom stereocenters. The van der Waals surface area contributed by atoms with Crippen molar-refractivity contribution in [1.29, 1.82) is 0 Å². The fourth-order valence-corrected chi connectivity index (χ4v) is 5.24. The molecule has 6 heteroatoms. The molecule has 206 valence electrons. The predicted octanol–water partition coefficient (Wildman–Crippen LogP) is 5.16. The van der Waals surface area contributed by atoms with Crippen LogP contribution < -0.4 is 16.2 Å². The number of nitrogens with two attached hydrogens (primary N) is 2. The monoisotopic (exact) mass is 536 g/mol. The molecule has 0 heterocycles. The first-order valence-electron chi connectivity index (χ1n) is 13.7. The Bertz CT molecular complexity index is 1320. The second-order valence-corrected chi connectivity index (χ2v) is 10.3. The van der Waals surface area contributed by atoms with Crippen LogP contribution in [0, 0.1) is 0 Å². The van der Waals surface area contributed by atoms with Gasteiger partial charge in [-0.05, 0) is 53.9 Å². The third kappa shape index (κ3) is 7.03. The van der Waals surface area contributed by atoms with Gasteiger partial charge in [0.2, 0.25) is 0 Å². The van der Waals surface area contributed by atoms with Crippen LogP contribution in [0.3, 0.4) is 0 Å². The quantitative estimate of drug-likeness (QED) is 0.231. The molecular weight excluding hydrogens is 498 g/mol. The van der Waals surface area contributed by atoms with Gasteiger partial charge in [0.15, 0.2) is 6.04 Å². The van der Waals surface area contributed by atoms with Gasteiger partial charge in [-0.15, -0.1) is 0 Å². The van der Waals surface area contributed by atoms with Gasteiger partial charge in [0.1, 0.15) is 24.8 Å². The lowest BCUT2D eigenvalue weighted by molar-refractivity contribution is -0.865. The summed E-state index contributed by atoms with van der Waals surface area (Å²) in [5.74, 6) is -0.440. The summed E-state index contributed by atoms with van der Waals surface area (Å²) in [6, 6.07) is 36.3. The SMILES string of the molecule is C[N@+](Cc1ccc(OCc2ccccc2)cc1)(C(=O)C(c1ccccc1)c1ccccc1)C(CCCN)C(N)=O. The molecule has 6 nitrogen and oxygen atoms in total. The van der Waals surface area contributed by atoms with E-state index in [9.17, 15) is 9.59 Å². The molecule has 0 radical (unpaired) electrons. The van der Waals surface area contributed by atoms with E-state index in [1.165, 1.54) is 0 Å². The Labute approximate surface area is 236 Å². The summed E-state index contributed by atoms with van der Waals surface area (Å²) in [6.45, 7) is 1.17. The number of ether oxygens (including phenoxy) is 1. The van der Waals surface area contributed by atoms with Gasteiger partial charge in [-0.2, -0.15) is 0 Å². The van der Waals surface area contributed by atoms with Crippen molar-refractivity contribution < 1.29 is 18.8 Å². The van der Waals surface area contributed by atoms with Crippen molar-refractivity contribution in [1.82, 2.24) is 0 Å². The van der Waals surface area contributed by atoms with Crippen LogP contribution in [0.4, 0.5) is 0 Å². The predicted molar refractivity (Wildman–Crippen MR) is 158 cm³/mol. The minimum absolute atomic E-state index is 0.0948. The van der Waals surface area contributed by atoms with Gasteiger partial charge in [0.25, 0.3) is 5.91 Å². The van der Waals surface area contributed by atoms with Crippen LogP contribution in [0.2, 0.25) is 0 Å². The van der Waals surface area contributed by atoms with Gasteiger partial charge >= 0.3 is 5.91 Å². The number of rotatable bonds is 13. The molecule has 0 aliphatic carbocycles. The Morgan fingerprint density at radius 1 is 0.750 bits per heavy atom. The maximum atomic E-state index is 14.7. The molecule has 0 aromatic heterocycles. The third-order valence-corrected chi connectivity index (χ3v) is 7.40. The average Bonchev–Trinajstić information content (AvgIpc) is 2.98. The maximum Gasteiger partial charge on any atom is 0.326 e. The van der Waals surface area contributed by atoms with Crippen molar-refractivity contribution in [3.63, 3.8) is 0 Å². The van der Waals surface area contributed by atoms with E-state index in [0.717, 1.165) is 28.0 Å². The van der Waals surface area contributed by atoms with Gasteiger partial charge < -0.3 is 16.2 Å². The minimum atomic E-state index is -0.736. The molecule has 4 rings (SSSR count). The number of carbonyl (C=O) groups is 2. The van der Waals surface area contributed by atoms with E-state index in [0.29, 0.717) is 32.5 Å². The van der Waals surface area contributed by atoms with Crippen molar-refractivity contribution in [2.45, 2.75) is 38.0 Å². The topological polar surface area (TPSA) is 95.4 Å². The van der Waals surface area contributed by atoms with Gasteiger partial charge in [-0.25, -0.2) is 9.28 Å². The van der Waals surface area contributed by atoms with E-state index in [1.807, 2.05) is 122 Å². The third-order valence-electron chi connectivity index (χ3n) is 7.40. The Morgan fingerprint density at radius 2 is 1.27 bits per heavy atom. The lowest BCUT2D eigenvalue weighted by atomic mass is 9.87. The van der Waals surface area contributed by atoms with Crippen molar-refractivity contribution >= 4 is 11.8 Å². The number of primary amides is 1. The van der Waals surface area contributed by atoms with Gasteiger partial charge in [-0.1, -0.05) is 91.0 Å². The fourth-order valence-electron chi connectivity index (χ4n) is 5.24. The number of likely N-dealkylation sites (N-methyl/N-ethyl adjacent to an activating group) is 1. The number of quaternary nitrogens is 1. The number of nitrogens with zero attached hydrogens (tertiary/aromatic N) is 1. The van der Waals surface area contributed by atoms with Crippen molar-refractivity contribution in [3.8, 4) is 5.75 Å². The highest BCUT2D eigenvalue weighted by Gasteiger charge is 2.47. The summed E-state index contributed by atoms with van der Waals surface area (Å²) in [6.07, 6.45) is 1.00. The second kappa shape index (κ2) is 13.7. The zero-order valence-electron chi connectivity index (χ0n) is 23.0. The minimum Gasteiger partial charge on any atom is -0.489 e. The molecule has 1 unspecified atom stereocenters. The molecule has 0 aliphatic heterocycles. The summed E-state index contributed by atoms with van der Waals surface area (Å²) in [4.78, 5) is 27.6. The average molecular weight is 537 g/mol. The Balaban J connectivity index is 1.68.